The molecule has 0 saturated heterocycles. The Morgan fingerprint density at radius 2 is 1.80 bits per heavy atom. The van der Waals surface area contributed by atoms with Crippen molar-refractivity contribution in [2.24, 2.45) is 5.10 Å². The molecule has 3 aromatic rings. The van der Waals surface area contributed by atoms with Gasteiger partial charge >= 0.3 is 0 Å². The van der Waals surface area contributed by atoms with Crippen molar-refractivity contribution in [2.75, 3.05) is 5.43 Å². The fourth-order valence-corrected chi connectivity index (χ4v) is 2.62. The summed E-state index contributed by atoms with van der Waals surface area (Å²) in [5.74, 6) is 1.39. The van der Waals surface area contributed by atoms with Gasteiger partial charge in [0.25, 0.3) is 0 Å². The number of anilines is 1. The van der Waals surface area contributed by atoms with Crippen molar-refractivity contribution in [3.63, 3.8) is 0 Å². The Morgan fingerprint density at radius 3 is 2.56 bits per heavy atom. The van der Waals surface area contributed by atoms with Crippen LogP contribution in [-0.4, -0.2) is 11.2 Å². The molecule has 0 unspecified atom stereocenters. The van der Waals surface area contributed by atoms with Crippen LogP contribution in [0.3, 0.4) is 0 Å². The predicted octanol–water partition coefficient (Wildman–Crippen LogP) is 5.41. The molecule has 25 heavy (non-hydrogen) atoms. The van der Waals surface area contributed by atoms with Crippen LogP contribution in [0.4, 0.5) is 5.82 Å². The Balaban J connectivity index is 1.63. The summed E-state index contributed by atoms with van der Waals surface area (Å²) in [4.78, 5) is 4.13. The molecule has 0 saturated carbocycles. The largest absolute Gasteiger partial charge is 0.489 e. The Kier molecular flexibility index (Phi) is 5.88. The first-order valence-electron chi connectivity index (χ1n) is 7.58. The Morgan fingerprint density at radius 1 is 1.00 bits per heavy atom. The van der Waals surface area contributed by atoms with E-state index in [1.54, 1.807) is 30.6 Å². The van der Waals surface area contributed by atoms with Crippen molar-refractivity contribution in [1.82, 2.24) is 4.98 Å². The van der Waals surface area contributed by atoms with Gasteiger partial charge in [0.2, 0.25) is 0 Å². The fraction of sp³-hybridized carbons (Fsp3) is 0.0526. The van der Waals surface area contributed by atoms with Crippen LogP contribution in [0, 0.1) is 0 Å². The quantitative estimate of drug-likeness (QED) is 0.465. The van der Waals surface area contributed by atoms with E-state index in [2.05, 4.69) is 15.5 Å². The van der Waals surface area contributed by atoms with Gasteiger partial charge in [0, 0.05) is 21.8 Å². The molecule has 0 bridgehead atoms. The van der Waals surface area contributed by atoms with E-state index < -0.39 is 0 Å². The van der Waals surface area contributed by atoms with Gasteiger partial charge in [0.1, 0.15) is 18.2 Å². The molecule has 1 aromatic heterocycles. The highest BCUT2D eigenvalue weighted by Crippen LogP contribution is 2.26. The highest BCUT2D eigenvalue weighted by Gasteiger charge is 2.06. The topological polar surface area (TPSA) is 46.5 Å². The zero-order chi connectivity index (χ0) is 17.5. The second kappa shape index (κ2) is 8.51. The minimum atomic E-state index is 0.297. The number of ether oxygens (including phenoxy) is 1. The van der Waals surface area contributed by atoms with Crippen LogP contribution < -0.4 is 10.2 Å². The minimum Gasteiger partial charge on any atom is -0.489 e. The molecule has 0 fully saturated rings. The summed E-state index contributed by atoms with van der Waals surface area (Å²) in [7, 11) is 0. The van der Waals surface area contributed by atoms with Crippen molar-refractivity contribution in [2.45, 2.75) is 6.61 Å². The molecule has 0 aliphatic heterocycles. The molecular formula is C19H15Cl2N3O. The SMILES string of the molecule is Clc1cccc(Cl)c1COc1cccc(C=NNc2ccccn2)c1. The maximum absolute atomic E-state index is 6.15. The lowest BCUT2D eigenvalue weighted by atomic mass is 10.2. The molecule has 0 amide bonds. The van der Waals surface area contributed by atoms with Gasteiger partial charge in [-0.1, -0.05) is 47.5 Å². The lowest BCUT2D eigenvalue weighted by molar-refractivity contribution is 0.306. The second-order valence-electron chi connectivity index (χ2n) is 5.15. The summed E-state index contributed by atoms with van der Waals surface area (Å²) in [6, 6.07) is 18.5. The van der Waals surface area contributed by atoms with E-state index in [-0.39, 0.29) is 0 Å². The van der Waals surface area contributed by atoms with Gasteiger partial charge in [-0.05, 0) is 42.0 Å². The molecule has 1 N–H and O–H groups in total. The number of rotatable bonds is 6. The molecule has 0 aliphatic carbocycles. The van der Waals surface area contributed by atoms with Crippen molar-refractivity contribution >= 4 is 35.2 Å². The first-order chi connectivity index (χ1) is 12.2. The number of benzene rings is 2. The number of hydrogen-bond acceptors (Lipinski definition) is 4. The van der Waals surface area contributed by atoms with Gasteiger partial charge in [0.05, 0.1) is 6.21 Å². The summed E-state index contributed by atoms with van der Waals surface area (Å²) in [5.41, 5.74) is 4.53. The third-order valence-electron chi connectivity index (χ3n) is 3.36. The van der Waals surface area contributed by atoms with Crippen molar-refractivity contribution in [3.05, 3.63) is 88.0 Å². The molecule has 126 valence electrons. The molecule has 0 atom stereocenters. The number of halogens is 2. The van der Waals surface area contributed by atoms with Crippen molar-refractivity contribution < 1.29 is 4.74 Å². The van der Waals surface area contributed by atoms with Crippen LogP contribution in [0.5, 0.6) is 5.75 Å². The van der Waals surface area contributed by atoms with Gasteiger partial charge in [-0.25, -0.2) is 4.98 Å². The smallest absolute Gasteiger partial charge is 0.146 e. The first kappa shape index (κ1) is 17.3. The molecular weight excluding hydrogens is 357 g/mol. The number of nitrogens with one attached hydrogen (secondary N) is 1. The highest BCUT2D eigenvalue weighted by atomic mass is 35.5. The molecule has 2 aromatic carbocycles. The van der Waals surface area contributed by atoms with Crippen LogP contribution in [0.25, 0.3) is 0 Å². The summed E-state index contributed by atoms with van der Waals surface area (Å²) in [5, 5.41) is 5.34. The standard InChI is InChI=1S/C19H15Cl2N3O/c20-17-7-4-8-18(21)16(17)13-25-15-6-3-5-14(11-15)12-23-24-19-9-1-2-10-22-19/h1-12H,13H2,(H,22,24). The van der Waals surface area contributed by atoms with Gasteiger partial charge in [-0.3, -0.25) is 5.43 Å². The maximum Gasteiger partial charge on any atom is 0.146 e. The summed E-state index contributed by atoms with van der Waals surface area (Å²) >= 11 is 12.3. The van der Waals surface area contributed by atoms with Crippen LogP contribution in [0.1, 0.15) is 11.1 Å². The second-order valence-corrected chi connectivity index (χ2v) is 5.96. The van der Waals surface area contributed by atoms with E-state index in [4.69, 9.17) is 27.9 Å². The zero-order valence-corrected chi connectivity index (χ0v) is 14.7. The molecule has 0 aliphatic rings. The number of pyridine rings is 1. The van der Waals surface area contributed by atoms with Crippen molar-refractivity contribution in [1.29, 1.82) is 0 Å². The predicted molar refractivity (Wildman–Crippen MR) is 103 cm³/mol. The van der Waals surface area contributed by atoms with Crippen LogP contribution in [-0.2, 0) is 6.61 Å². The summed E-state index contributed by atoms with van der Waals surface area (Å²) in [6.45, 7) is 0.297. The third-order valence-corrected chi connectivity index (χ3v) is 4.07. The summed E-state index contributed by atoms with van der Waals surface area (Å²) in [6.07, 6.45) is 3.40. The maximum atomic E-state index is 6.15. The van der Waals surface area contributed by atoms with E-state index >= 15 is 0 Å². The Labute approximate surface area is 156 Å². The molecule has 3 rings (SSSR count). The normalized spacial score (nSPS) is 10.8. The van der Waals surface area contributed by atoms with E-state index in [0.717, 1.165) is 11.1 Å². The average molecular weight is 372 g/mol. The number of hydrazone groups is 1. The van der Waals surface area contributed by atoms with E-state index in [9.17, 15) is 0 Å². The zero-order valence-electron chi connectivity index (χ0n) is 13.2. The van der Waals surface area contributed by atoms with Crippen LogP contribution in [0.2, 0.25) is 10.0 Å². The molecule has 0 spiro atoms. The van der Waals surface area contributed by atoms with Gasteiger partial charge in [0.15, 0.2) is 0 Å². The lowest BCUT2D eigenvalue weighted by Crippen LogP contribution is -1.98. The molecule has 4 nitrogen and oxygen atoms in total. The average Bonchev–Trinajstić information content (AvgIpc) is 2.63. The van der Waals surface area contributed by atoms with E-state index in [1.807, 2.05) is 42.5 Å². The Bertz CT molecular complexity index is 849. The number of hydrogen-bond donors (Lipinski definition) is 1. The molecule has 1 heterocycles. The lowest BCUT2D eigenvalue weighted by Gasteiger charge is -2.09. The van der Waals surface area contributed by atoms with Gasteiger partial charge in [-0.15, -0.1) is 0 Å². The molecule has 6 heteroatoms. The van der Waals surface area contributed by atoms with Gasteiger partial charge < -0.3 is 4.74 Å². The number of nitrogens with zero attached hydrogens (tertiary/aromatic N) is 2. The van der Waals surface area contributed by atoms with E-state index in [0.29, 0.717) is 28.2 Å². The highest BCUT2D eigenvalue weighted by molar-refractivity contribution is 6.35. The van der Waals surface area contributed by atoms with Crippen molar-refractivity contribution in [3.8, 4) is 5.75 Å². The summed E-state index contributed by atoms with van der Waals surface area (Å²) < 4.78 is 5.80. The van der Waals surface area contributed by atoms with Gasteiger partial charge in [-0.2, -0.15) is 5.10 Å². The number of aromatic nitrogens is 1. The Hall–Kier alpha value is -2.56. The monoisotopic (exact) mass is 371 g/mol. The third kappa shape index (κ3) is 4.95. The van der Waals surface area contributed by atoms with E-state index in [1.165, 1.54) is 0 Å². The van der Waals surface area contributed by atoms with Crippen LogP contribution >= 0.6 is 23.2 Å². The first-order valence-corrected chi connectivity index (χ1v) is 8.34. The van der Waals surface area contributed by atoms with Crippen LogP contribution in [0.15, 0.2) is 72.0 Å². The fourth-order valence-electron chi connectivity index (χ4n) is 2.11. The molecule has 0 radical (unpaired) electrons. The minimum absolute atomic E-state index is 0.297.